The molecule has 0 unspecified atom stereocenters. The number of rotatable bonds is 3. The van der Waals surface area contributed by atoms with Crippen LogP contribution in [0.1, 0.15) is 45.0 Å². The number of hydrogen-bond donors (Lipinski definition) is 1. The van der Waals surface area contributed by atoms with Gasteiger partial charge in [-0.15, -0.1) is 0 Å². The van der Waals surface area contributed by atoms with Crippen LogP contribution in [0, 0.1) is 0 Å². The molecule has 4 aromatic carbocycles. The van der Waals surface area contributed by atoms with E-state index in [-0.39, 0.29) is 23.0 Å². The Morgan fingerprint density at radius 1 is 0.781 bits per heavy atom. The number of ketones is 1. The van der Waals surface area contributed by atoms with Crippen LogP contribution in [0.4, 0.5) is 0 Å². The molecule has 1 N–H and O–H groups in total. The predicted octanol–water partition coefficient (Wildman–Crippen LogP) is 5.78. The van der Waals surface area contributed by atoms with Crippen LogP contribution in [-0.4, -0.2) is 10.9 Å². The maximum atomic E-state index is 13.1. The van der Waals surface area contributed by atoms with Crippen molar-refractivity contribution < 1.29 is 19.4 Å². The van der Waals surface area contributed by atoms with E-state index in [1.165, 1.54) is 0 Å². The van der Waals surface area contributed by atoms with Crippen molar-refractivity contribution in [1.29, 1.82) is 0 Å². The first-order valence-electron chi connectivity index (χ1n) is 10.6. The van der Waals surface area contributed by atoms with Gasteiger partial charge >= 0.3 is 0 Å². The molecule has 2 atom stereocenters. The molecule has 0 saturated heterocycles. The number of phenolic OH excluding ortho intramolecular Hbond substituents is 1. The fourth-order valence-corrected chi connectivity index (χ4v) is 4.83. The number of hydrogen-bond acceptors (Lipinski definition) is 4. The largest absolute Gasteiger partial charge is 0.507 e. The summed E-state index contributed by atoms with van der Waals surface area (Å²) in [6.07, 6.45) is 0.498. The highest BCUT2D eigenvalue weighted by molar-refractivity contribution is 6.11. The monoisotopic (exact) mass is 420 g/mol. The number of ether oxygens (including phenoxy) is 2. The molecule has 6 rings (SSSR count). The van der Waals surface area contributed by atoms with Gasteiger partial charge in [-0.2, -0.15) is 0 Å². The van der Waals surface area contributed by atoms with Crippen LogP contribution >= 0.6 is 0 Å². The second-order valence-corrected chi connectivity index (χ2v) is 8.19. The number of phenols is 1. The zero-order chi connectivity index (χ0) is 21.7. The van der Waals surface area contributed by atoms with E-state index in [1.54, 1.807) is 24.3 Å². The Kier molecular flexibility index (Phi) is 4.08. The van der Waals surface area contributed by atoms with E-state index in [4.69, 9.17) is 9.47 Å². The molecule has 0 saturated carbocycles. The fraction of sp³-hybridized carbons (Fsp3) is 0.107. The van der Waals surface area contributed by atoms with Gasteiger partial charge < -0.3 is 14.6 Å². The summed E-state index contributed by atoms with van der Waals surface area (Å²) in [5, 5.41) is 11.3. The second-order valence-electron chi connectivity index (χ2n) is 8.19. The Bertz CT molecular complexity index is 1330. The van der Waals surface area contributed by atoms with Gasteiger partial charge in [-0.05, 0) is 18.2 Å². The second kappa shape index (κ2) is 6.99. The molecule has 0 aliphatic carbocycles. The van der Waals surface area contributed by atoms with Crippen molar-refractivity contribution in [2.45, 2.75) is 18.1 Å². The van der Waals surface area contributed by atoms with Crippen molar-refractivity contribution >= 4 is 5.78 Å². The Hall–Kier alpha value is -4.05. The van der Waals surface area contributed by atoms with Crippen LogP contribution in [0.15, 0.2) is 97.1 Å². The van der Waals surface area contributed by atoms with Gasteiger partial charge in [0.1, 0.15) is 17.2 Å². The summed E-state index contributed by atoms with van der Waals surface area (Å²) in [6.45, 7) is 0. The third kappa shape index (κ3) is 2.73. The van der Waals surface area contributed by atoms with E-state index < -0.39 is 5.79 Å². The zero-order valence-electron chi connectivity index (χ0n) is 17.2. The van der Waals surface area contributed by atoms with Gasteiger partial charge in [0.15, 0.2) is 5.78 Å². The van der Waals surface area contributed by atoms with Crippen molar-refractivity contribution in [3.8, 4) is 17.2 Å². The van der Waals surface area contributed by atoms with Crippen LogP contribution in [0.5, 0.6) is 17.2 Å². The number of carbonyl (C=O) groups is 1. The first kappa shape index (κ1) is 18.7. The maximum absolute atomic E-state index is 13.1. The predicted molar refractivity (Wildman–Crippen MR) is 120 cm³/mol. The van der Waals surface area contributed by atoms with E-state index in [9.17, 15) is 9.90 Å². The molecule has 0 radical (unpaired) electrons. The van der Waals surface area contributed by atoms with Crippen LogP contribution in [-0.2, 0) is 5.79 Å². The van der Waals surface area contributed by atoms with Gasteiger partial charge in [-0.1, -0.05) is 78.9 Å². The number of fused-ring (bicyclic) bond motifs is 6. The molecule has 156 valence electrons. The van der Waals surface area contributed by atoms with Gasteiger partial charge in [-0.25, -0.2) is 0 Å². The maximum Gasteiger partial charge on any atom is 0.278 e. The molecular formula is C28H20O4. The Balaban J connectivity index is 1.54. The SMILES string of the molecule is O=C(c1ccccc1)c1ccc2c(c1O)[C@@H]1C[C@@](c3ccccc3)(Oc3ccccc31)O2. The van der Waals surface area contributed by atoms with Crippen molar-refractivity contribution in [3.05, 3.63) is 125 Å². The summed E-state index contributed by atoms with van der Waals surface area (Å²) < 4.78 is 12.9. The molecule has 4 aromatic rings. The summed E-state index contributed by atoms with van der Waals surface area (Å²) in [7, 11) is 0. The van der Waals surface area contributed by atoms with Crippen LogP contribution < -0.4 is 9.47 Å². The van der Waals surface area contributed by atoms with Crippen molar-refractivity contribution in [2.75, 3.05) is 0 Å². The molecule has 2 aliphatic rings. The van der Waals surface area contributed by atoms with Crippen molar-refractivity contribution in [2.24, 2.45) is 0 Å². The zero-order valence-corrected chi connectivity index (χ0v) is 17.2. The molecular weight excluding hydrogens is 400 g/mol. The van der Waals surface area contributed by atoms with Gasteiger partial charge in [0.25, 0.3) is 5.79 Å². The molecule has 0 fully saturated rings. The fourth-order valence-electron chi connectivity index (χ4n) is 4.83. The van der Waals surface area contributed by atoms with Gasteiger partial charge in [-0.3, -0.25) is 4.79 Å². The minimum Gasteiger partial charge on any atom is -0.507 e. The summed E-state index contributed by atoms with van der Waals surface area (Å²) >= 11 is 0. The standard InChI is InChI=1S/C28H20O4/c29-26(18-9-3-1-4-10-18)21-15-16-24-25(27(21)30)22-17-28(32-24,19-11-5-2-6-12-19)31-23-14-8-7-13-20(22)23/h1-16,22,30H,17H2/t22-,28-/m1/s1. The number of benzene rings is 4. The third-order valence-corrected chi connectivity index (χ3v) is 6.34. The molecule has 4 heteroatoms. The lowest BCUT2D eigenvalue weighted by molar-refractivity contribution is -0.149. The average Bonchev–Trinajstić information content (AvgIpc) is 2.85. The molecule has 0 spiro atoms. The lowest BCUT2D eigenvalue weighted by Crippen LogP contribution is -2.46. The minimum absolute atomic E-state index is 0.0280. The molecule has 4 nitrogen and oxygen atoms in total. The summed E-state index contributed by atoms with van der Waals surface area (Å²) in [6, 6.07) is 30.1. The van der Waals surface area contributed by atoms with E-state index in [0.29, 0.717) is 23.3 Å². The van der Waals surface area contributed by atoms with Crippen molar-refractivity contribution in [3.63, 3.8) is 0 Å². The molecule has 2 heterocycles. The highest BCUT2D eigenvalue weighted by atomic mass is 16.7. The van der Waals surface area contributed by atoms with Crippen LogP contribution in [0.2, 0.25) is 0 Å². The Morgan fingerprint density at radius 3 is 2.22 bits per heavy atom. The first-order chi connectivity index (χ1) is 15.7. The van der Waals surface area contributed by atoms with Crippen LogP contribution in [0.3, 0.4) is 0 Å². The normalized spacial score (nSPS) is 20.3. The molecule has 0 aromatic heterocycles. The molecule has 0 amide bonds. The Labute approximate surface area is 185 Å². The Morgan fingerprint density at radius 2 is 1.44 bits per heavy atom. The number of carbonyl (C=O) groups excluding carboxylic acids is 1. The third-order valence-electron chi connectivity index (χ3n) is 6.34. The lowest BCUT2D eigenvalue weighted by atomic mass is 9.77. The summed E-state index contributed by atoms with van der Waals surface area (Å²) in [5.41, 5.74) is 3.33. The average molecular weight is 420 g/mol. The number of aromatic hydroxyl groups is 1. The van der Waals surface area contributed by atoms with E-state index in [1.807, 2.05) is 72.8 Å². The van der Waals surface area contributed by atoms with E-state index in [0.717, 1.165) is 16.9 Å². The van der Waals surface area contributed by atoms with Gasteiger partial charge in [0.05, 0.1) is 5.56 Å². The lowest BCUT2D eigenvalue weighted by Gasteiger charge is -2.46. The molecule has 2 aliphatic heterocycles. The van der Waals surface area contributed by atoms with Gasteiger partial charge in [0.2, 0.25) is 0 Å². The molecule has 32 heavy (non-hydrogen) atoms. The smallest absolute Gasteiger partial charge is 0.278 e. The molecule has 2 bridgehead atoms. The highest BCUT2D eigenvalue weighted by Gasteiger charge is 2.50. The topological polar surface area (TPSA) is 55.8 Å². The first-order valence-corrected chi connectivity index (χ1v) is 10.6. The highest BCUT2D eigenvalue weighted by Crippen LogP contribution is 2.57. The van der Waals surface area contributed by atoms with Crippen molar-refractivity contribution in [1.82, 2.24) is 0 Å². The summed E-state index contributed by atoms with van der Waals surface area (Å²) in [5.74, 6) is -0.164. The summed E-state index contributed by atoms with van der Waals surface area (Å²) in [4.78, 5) is 13.1. The van der Waals surface area contributed by atoms with Gasteiger partial charge in [0, 0.05) is 34.6 Å². The minimum atomic E-state index is -0.995. The van der Waals surface area contributed by atoms with E-state index in [2.05, 4.69) is 0 Å². The number of para-hydroxylation sites is 1. The van der Waals surface area contributed by atoms with E-state index >= 15 is 0 Å². The quantitative estimate of drug-likeness (QED) is 0.427. The van der Waals surface area contributed by atoms with Crippen LogP contribution in [0.25, 0.3) is 0 Å².